The van der Waals surface area contributed by atoms with Crippen molar-refractivity contribution >= 4 is 87.4 Å². The Morgan fingerprint density at radius 1 is 0.276 bits per heavy atom. The minimum absolute atomic E-state index is 0.877. The lowest BCUT2D eigenvalue weighted by Gasteiger charge is -2.10. The molecule has 58 heavy (non-hydrogen) atoms. The van der Waals surface area contributed by atoms with Crippen LogP contribution in [0.5, 0.6) is 0 Å². The van der Waals surface area contributed by atoms with Gasteiger partial charge in [-0.25, -0.2) is 0 Å². The van der Waals surface area contributed by atoms with Crippen LogP contribution in [-0.2, 0) is 0 Å². The molecular formula is C54H33N3O. The van der Waals surface area contributed by atoms with Crippen molar-refractivity contribution in [3.8, 4) is 28.2 Å². The molecule has 0 aliphatic heterocycles. The maximum absolute atomic E-state index is 6.50. The van der Waals surface area contributed by atoms with E-state index in [0.717, 1.165) is 39.0 Å². The minimum Gasteiger partial charge on any atom is -0.456 e. The van der Waals surface area contributed by atoms with E-state index in [9.17, 15) is 0 Å². The van der Waals surface area contributed by atoms with E-state index in [1.807, 2.05) is 0 Å². The molecule has 0 spiro atoms. The molecule has 0 atom stereocenters. The van der Waals surface area contributed by atoms with Crippen LogP contribution in [0.15, 0.2) is 205 Å². The lowest BCUT2D eigenvalue weighted by Crippen LogP contribution is -1.94. The number of nitrogens with zero attached hydrogens (tertiary/aromatic N) is 3. The summed E-state index contributed by atoms with van der Waals surface area (Å²) in [7, 11) is 0. The fourth-order valence-corrected chi connectivity index (χ4v) is 9.77. The Balaban J connectivity index is 1.01. The summed E-state index contributed by atoms with van der Waals surface area (Å²) in [5.74, 6) is 0. The Labute approximate surface area is 332 Å². The molecule has 0 radical (unpaired) electrons. The summed E-state index contributed by atoms with van der Waals surface area (Å²) in [6.45, 7) is 0. The topological polar surface area (TPSA) is 27.9 Å². The highest BCUT2D eigenvalue weighted by Gasteiger charge is 2.20. The summed E-state index contributed by atoms with van der Waals surface area (Å²) in [6.07, 6.45) is 0. The van der Waals surface area contributed by atoms with Gasteiger partial charge in [0.25, 0.3) is 0 Å². The molecule has 0 fully saturated rings. The van der Waals surface area contributed by atoms with Gasteiger partial charge >= 0.3 is 0 Å². The number of rotatable bonds is 4. The molecule has 0 amide bonds. The number of para-hydroxylation sites is 5. The SMILES string of the molecule is c1ccc(-n2c3ccccc3c3cc(-c4cccc5c4c4ccccc4n5-c4ccc5oc6ccc(-n7c8ccccc8c8ccccc87)cc6c5c4)ccc32)cc1. The predicted octanol–water partition coefficient (Wildman–Crippen LogP) is 14.5. The zero-order chi connectivity index (χ0) is 37.9. The van der Waals surface area contributed by atoms with Gasteiger partial charge in [-0.15, -0.1) is 0 Å². The monoisotopic (exact) mass is 739 g/mol. The second kappa shape index (κ2) is 11.8. The van der Waals surface area contributed by atoms with E-state index in [-0.39, 0.29) is 0 Å². The third-order valence-electron chi connectivity index (χ3n) is 12.2. The zero-order valence-electron chi connectivity index (χ0n) is 31.3. The summed E-state index contributed by atoms with van der Waals surface area (Å²) >= 11 is 0. The molecule has 0 bridgehead atoms. The molecule has 0 aliphatic rings. The second-order valence-electron chi connectivity index (χ2n) is 15.3. The van der Waals surface area contributed by atoms with Gasteiger partial charge in [-0.05, 0) is 102 Å². The van der Waals surface area contributed by atoms with Crippen LogP contribution >= 0.6 is 0 Å². The molecule has 0 saturated carbocycles. The van der Waals surface area contributed by atoms with Crippen molar-refractivity contribution in [2.75, 3.05) is 0 Å². The molecule has 0 aliphatic carbocycles. The van der Waals surface area contributed by atoms with Crippen LogP contribution in [0.3, 0.4) is 0 Å². The first kappa shape index (κ1) is 31.4. The molecule has 4 aromatic heterocycles. The highest BCUT2D eigenvalue weighted by atomic mass is 16.3. The van der Waals surface area contributed by atoms with Crippen molar-refractivity contribution in [2.24, 2.45) is 0 Å². The van der Waals surface area contributed by atoms with Crippen LogP contribution < -0.4 is 0 Å². The Morgan fingerprint density at radius 3 is 1.36 bits per heavy atom. The third kappa shape index (κ3) is 4.34. The normalized spacial score (nSPS) is 12.1. The standard InChI is InChI=1S/C54H33N3O/c1-2-13-35(14-3-1)55-48-22-10-6-17-41(48)43-31-34(25-28-50(43)55)38-19-12-24-51-54(38)42-18-7-11-23-49(42)57(51)37-27-30-53-45(33-37)44-32-36(26-29-52(44)58-53)56-46-20-8-4-15-39(46)40-16-5-9-21-47(40)56/h1-33H. The van der Waals surface area contributed by atoms with E-state index in [1.165, 1.54) is 76.5 Å². The molecule has 4 heterocycles. The Morgan fingerprint density at radius 2 is 0.741 bits per heavy atom. The lowest BCUT2D eigenvalue weighted by atomic mass is 9.98. The predicted molar refractivity (Wildman–Crippen MR) is 242 cm³/mol. The molecule has 0 N–H and O–H groups in total. The van der Waals surface area contributed by atoms with Gasteiger partial charge in [-0.1, -0.05) is 109 Å². The van der Waals surface area contributed by atoms with Gasteiger partial charge < -0.3 is 18.1 Å². The quantitative estimate of drug-likeness (QED) is 0.177. The molecule has 0 saturated heterocycles. The maximum Gasteiger partial charge on any atom is 0.135 e. The molecule has 4 heteroatoms. The molecule has 4 nitrogen and oxygen atoms in total. The van der Waals surface area contributed by atoms with E-state index in [4.69, 9.17) is 4.42 Å². The van der Waals surface area contributed by atoms with Crippen molar-refractivity contribution in [3.05, 3.63) is 200 Å². The molecule has 13 rings (SSSR count). The van der Waals surface area contributed by atoms with Crippen LogP contribution in [0, 0.1) is 0 Å². The summed E-state index contributed by atoms with van der Waals surface area (Å²) < 4.78 is 13.7. The van der Waals surface area contributed by atoms with E-state index < -0.39 is 0 Å². The zero-order valence-corrected chi connectivity index (χ0v) is 31.3. The van der Waals surface area contributed by atoms with E-state index in [0.29, 0.717) is 0 Å². The highest BCUT2D eigenvalue weighted by Crippen LogP contribution is 2.42. The largest absolute Gasteiger partial charge is 0.456 e. The number of fused-ring (bicyclic) bond motifs is 12. The molecule has 13 aromatic rings. The maximum atomic E-state index is 6.50. The average Bonchev–Trinajstić information content (AvgIpc) is 4.02. The van der Waals surface area contributed by atoms with Crippen molar-refractivity contribution in [1.82, 2.24) is 13.7 Å². The van der Waals surface area contributed by atoms with Crippen LogP contribution in [0.4, 0.5) is 0 Å². The fraction of sp³-hybridized carbons (Fsp3) is 0. The lowest BCUT2D eigenvalue weighted by molar-refractivity contribution is 0.669. The summed E-state index contributed by atoms with van der Waals surface area (Å²) in [5.41, 5.74) is 14.7. The first-order valence-electron chi connectivity index (χ1n) is 19.8. The molecular weight excluding hydrogens is 707 g/mol. The Kier molecular flexibility index (Phi) is 6.41. The molecule has 270 valence electrons. The number of furan rings is 1. The third-order valence-corrected chi connectivity index (χ3v) is 12.2. The van der Waals surface area contributed by atoms with Crippen LogP contribution in [-0.4, -0.2) is 13.7 Å². The fourth-order valence-electron chi connectivity index (χ4n) is 9.77. The van der Waals surface area contributed by atoms with Crippen LogP contribution in [0.25, 0.3) is 116 Å². The number of benzene rings is 9. The first-order chi connectivity index (χ1) is 28.8. The molecule has 9 aromatic carbocycles. The van der Waals surface area contributed by atoms with Crippen molar-refractivity contribution < 1.29 is 4.42 Å². The van der Waals surface area contributed by atoms with Gasteiger partial charge in [0.1, 0.15) is 11.2 Å². The van der Waals surface area contributed by atoms with E-state index in [2.05, 4.69) is 214 Å². The van der Waals surface area contributed by atoms with Crippen LogP contribution in [0.1, 0.15) is 0 Å². The van der Waals surface area contributed by atoms with Gasteiger partial charge in [-0.2, -0.15) is 0 Å². The van der Waals surface area contributed by atoms with Gasteiger partial charge in [0.05, 0.1) is 33.1 Å². The van der Waals surface area contributed by atoms with Crippen LogP contribution in [0.2, 0.25) is 0 Å². The first-order valence-corrected chi connectivity index (χ1v) is 19.8. The van der Waals surface area contributed by atoms with Crippen molar-refractivity contribution in [3.63, 3.8) is 0 Å². The van der Waals surface area contributed by atoms with Crippen molar-refractivity contribution in [2.45, 2.75) is 0 Å². The smallest absolute Gasteiger partial charge is 0.135 e. The van der Waals surface area contributed by atoms with E-state index >= 15 is 0 Å². The van der Waals surface area contributed by atoms with Gasteiger partial charge in [0.15, 0.2) is 0 Å². The summed E-state index contributed by atoms with van der Waals surface area (Å²) in [4.78, 5) is 0. The number of aromatic nitrogens is 3. The second-order valence-corrected chi connectivity index (χ2v) is 15.3. The van der Waals surface area contributed by atoms with E-state index in [1.54, 1.807) is 0 Å². The Bertz CT molecular complexity index is 3750. The van der Waals surface area contributed by atoms with Crippen molar-refractivity contribution in [1.29, 1.82) is 0 Å². The van der Waals surface area contributed by atoms with Gasteiger partial charge in [0, 0.05) is 60.2 Å². The Hall–Kier alpha value is -7.82. The number of hydrogen-bond donors (Lipinski definition) is 0. The molecule has 0 unspecified atom stereocenters. The summed E-state index contributed by atoms with van der Waals surface area (Å²) in [5, 5.41) is 9.66. The minimum atomic E-state index is 0.877. The van der Waals surface area contributed by atoms with Gasteiger partial charge in [0.2, 0.25) is 0 Å². The van der Waals surface area contributed by atoms with Gasteiger partial charge in [-0.3, -0.25) is 0 Å². The highest BCUT2D eigenvalue weighted by molar-refractivity contribution is 6.18. The number of hydrogen-bond acceptors (Lipinski definition) is 1. The average molecular weight is 740 g/mol. The summed E-state index contributed by atoms with van der Waals surface area (Å²) in [6, 6.07) is 72.5.